The molecule has 0 fully saturated rings. The van der Waals surface area contributed by atoms with Gasteiger partial charge in [-0.15, -0.1) is 0 Å². The zero-order valence-electron chi connectivity index (χ0n) is 9.13. The third kappa shape index (κ3) is 2.97. The van der Waals surface area contributed by atoms with Crippen molar-refractivity contribution >= 4 is 29.0 Å². The number of carbonyl (C=O) groups excluding carboxylic acids is 1. The monoisotopic (exact) mass is 240 g/mol. The van der Waals surface area contributed by atoms with Gasteiger partial charge in [0.2, 0.25) is 0 Å². The molecule has 4 nitrogen and oxygen atoms in total. The summed E-state index contributed by atoms with van der Waals surface area (Å²) in [7, 11) is 3.04. The van der Waals surface area contributed by atoms with E-state index >= 15 is 0 Å². The smallest absolute Gasteiger partial charge is 0.311 e. The highest BCUT2D eigenvalue weighted by Crippen LogP contribution is 2.21. The largest absolute Gasteiger partial charge is 0.469 e. The molecule has 0 unspecified atom stereocenters. The van der Waals surface area contributed by atoms with Gasteiger partial charge < -0.3 is 15.5 Å². The lowest BCUT2D eigenvalue weighted by Crippen LogP contribution is -2.11. The quantitative estimate of drug-likeness (QED) is 0.627. The number of rotatable bonds is 4. The third-order valence-electron chi connectivity index (χ3n) is 2.12. The first-order valence-corrected chi connectivity index (χ1v) is 5.08. The van der Waals surface area contributed by atoms with Gasteiger partial charge >= 0.3 is 5.97 Å². The van der Waals surface area contributed by atoms with E-state index in [0.717, 1.165) is 5.69 Å². The third-order valence-corrected chi connectivity index (χ3v) is 2.36. The summed E-state index contributed by atoms with van der Waals surface area (Å²) >= 11 is 5.83. The number of ether oxygens (including phenoxy) is 1. The molecule has 0 aliphatic carbocycles. The van der Waals surface area contributed by atoms with Crippen molar-refractivity contribution < 1.29 is 9.53 Å². The molecule has 0 spiro atoms. The second-order valence-corrected chi connectivity index (χ2v) is 3.61. The Morgan fingerprint density at radius 2 is 2.25 bits per heavy atom. The molecule has 0 saturated carbocycles. The maximum Gasteiger partial charge on any atom is 0.311 e. The Balaban J connectivity index is 2.94. The first-order valence-electron chi connectivity index (χ1n) is 4.70. The number of hydrogen-bond donors (Lipinski definition) is 2. The molecule has 0 heterocycles. The first-order chi connectivity index (χ1) is 7.58. The van der Waals surface area contributed by atoms with Gasteiger partial charge in [-0.1, -0.05) is 11.6 Å². The summed E-state index contributed by atoms with van der Waals surface area (Å²) in [5.74, 6) is -0.429. The van der Waals surface area contributed by atoms with Crippen molar-refractivity contribution in [3.05, 3.63) is 28.8 Å². The highest BCUT2D eigenvalue weighted by atomic mass is 35.5. The van der Waals surface area contributed by atoms with Crippen LogP contribution in [0.3, 0.4) is 0 Å². The van der Waals surface area contributed by atoms with E-state index in [1.807, 2.05) is 0 Å². The Morgan fingerprint density at radius 1 is 1.56 bits per heavy atom. The molecule has 1 aromatic rings. The van der Waals surface area contributed by atoms with Crippen LogP contribution in [0.4, 0.5) is 5.69 Å². The molecule has 2 N–H and O–H groups in total. The van der Waals surface area contributed by atoms with Gasteiger partial charge in [0.1, 0.15) is 0 Å². The molecule has 0 aliphatic rings. The predicted molar refractivity (Wildman–Crippen MR) is 64.5 cm³/mol. The number of carbonyl (C=O) groups is 1. The fraction of sp³-hybridized carbons (Fsp3) is 0.273. The van der Waals surface area contributed by atoms with Crippen molar-refractivity contribution in [3.8, 4) is 0 Å². The van der Waals surface area contributed by atoms with Crippen molar-refractivity contribution in [1.29, 1.82) is 5.41 Å². The van der Waals surface area contributed by atoms with Crippen LogP contribution in [0.25, 0.3) is 0 Å². The molecule has 0 aliphatic heterocycles. The fourth-order valence-electron chi connectivity index (χ4n) is 1.30. The van der Waals surface area contributed by atoms with E-state index in [1.54, 1.807) is 25.2 Å². The summed E-state index contributed by atoms with van der Waals surface area (Å²) in [5, 5.41) is 11.3. The number of esters is 1. The molecule has 86 valence electrons. The van der Waals surface area contributed by atoms with Crippen molar-refractivity contribution in [2.45, 2.75) is 6.42 Å². The van der Waals surface area contributed by atoms with E-state index in [9.17, 15) is 4.79 Å². The number of benzene rings is 1. The van der Waals surface area contributed by atoms with E-state index in [4.69, 9.17) is 17.0 Å². The number of nitrogens with one attached hydrogen (secondary N) is 2. The second kappa shape index (κ2) is 5.51. The van der Waals surface area contributed by atoms with Gasteiger partial charge in [-0.05, 0) is 18.2 Å². The number of halogens is 1. The Kier molecular flexibility index (Phi) is 4.31. The number of methoxy groups -OCH3 is 1. The van der Waals surface area contributed by atoms with Crippen LogP contribution in [0.1, 0.15) is 12.0 Å². The lowest BCUT2D eigenvalue weighted by Gasteiger charge is -2.10. The van der Waals surface area contributed by atoms with E-state index in [2.05, 4.69) is 10.1 Å². The SMILES string of the molecule is CNc1cc(Cl)ccc1C(=N)CC(=O)OC. The van der Waals surface area contributed by atoms with Gasteiger partial charge in [0.05, 0.1) is 19.2 Å². The highest BCUT2D eigenvalue weighted by Gasteiger charge is 2.11. The normalized spacial score (nSPS) is 9.69. The number of anilines is 1. The van der Waals surface area contributed by atoms with Gasteiger partial charge in [0.15, 0.2) is 0 Å². The van der Waals surface area contributed by atoms with Crippen LogP contribution >= 0.6 is 11.6 Å². The summed E-state index contributed by atoms with van der Waals surface area (Å²) < 4.78 is 4.51. The van der Waals surface area contributed by atoms with Crippen molar-refractivity contribution in [1.82, 2.24) is 0 Å². The zero-order chi connectivity index (χ0) is 12.1. The molecule has 5 heteroatoms. The minimum atomic E-state index is -0.429. The molecule has 0 saturated heterocycles. The van der Waals surface area contributed by atoms with Gasteiger partial charge in [-0.3, -0.25) is 4.79 Å². The van der Waals surface area contributed by atoms with Crippen LogP contribution < -0.4 is 5.32 Å². The van der Waals surface area contributed by atoms with Crippen molar-refractivity contribution in [2.75, 3.05) is 19.5 Å². The Labute approximate surface area is 99.1 Å². The van der Waals surface area contributed by atoms with Crippen LogP contribution in [0.2, 0.25) is 5.02 Å². The average molecular weight is 241 g/mol. The van der Waals surface area contributed by atoms with E-state index in [1.165, 1.54) is 7.11 Å². The van der Waals surface area contributed by atoms with Crippen LogP contribution in [0.15, 0.2) is 18.2 Å². The maximum absolute atomic E-state index is 11.1. The van der Waals surface area contributed by atoms with E-state index < -0.39 is 5.97 Å². The predicted octanol–water partition coefficient (Wildman–Crippen LogP) is 2.31. The molecule has 0 aromatic heterocycles. The molecule has 1 rings (SSSR count). The summed E-state index contributed by atoms with van der Waals surface area (Å²) in [6, 6.07) is 5.10. The summed E-state index contributed by atoms with van der Waals surface area (Å²) in [4.78, 5) is 11.1. The molecule has 1 aromatic carbocycles. The van der Waals surface area contributed by atoms with Crippen LogP contribution in [-0.2, 0) is 9.53 Å². The Hall–Kier alpha value is -1.55. The second-order valence-electron chi connectivity index (χ2n) is 3.17. The van der Waals surface area contributed by atoms with E-state index in [0.29, 0.717) is 10.6 Å². The maximum atomic E-state index is 11.1. The zero-order valence-corrected chi connectivity index (χ0v) is 9.89. The topological polar surface area (TPSA) is 62.2 Å². The Morgan fingerprint density at radius 3 is 2.81 bits per heavy atom. The van der Waals surface area contributed by atoms with Crippen LogP contribution in [-0.4, -0.2) is 25.8 Å². The minimum Gasteiger partial charge on any atom is -0.469 e. The molecule has 0 radical (unpaired) electrons. The lowest BCUT2D eigenvalue weighted by atomic mass is 10.1. The molecule has 0 atom stereocenters. The van der Waals surface area contributed by atoms with Gasteiger partial charge in [-0.2, -0.15) is 0 Å². The van der Waals surface area contributed by atoms with E-state index in [-0.39, 0.29) is 12.1 Å². The van der Waals surface area contributed by atoms with Crippen LogP contribution in [0.5, 0.6) is 0 Å². The standard InChI is InChI=1S/C11H13ClN2O2/c1-14-10-5-7(12)3-4-8(10)9(13)6-11(15)16-2/h3-5,13-14H,6H2,1-2H3. The van der Waals surface area contributed by atoms with Crippen LogP contribution in [0, 0.1) is 5.41 Å². The fourth-order valence-corrected chi connectivity index (χ4v) is 1.47. The summed E-state index contributed by atoms with van der Waals surface area (Å²) in [5.41, 5.74) is 1.58. The summed E-state index contributed by atoms with van der Waals surface area (Å²) in [6.45, 7) is 0. The first kappa shape index (κ1) is 12.5. The van der Waals surface area contributed by atoms with Gasteiger partial charge in [0, 0.05) is 23.3 Å². The van der Waals surface area contributed by atoms with Crippen molar-refractivity contribution in [3.63, 3.8) is 0 Å². The molecule has 0 amide bonds. The number of hydrogen-bond acceptors (Lipinski definition) is 4. The minimum absolute atomic E-state index is 0.0488. The summed E-state index contributed by atoms with van der Waals surface area (Å²) in [6.07, 6.45) is -0.0488. The lowest BCUT2D eigenvalue weighted by molar-refractivity contribution is -0.139. The van der Waals surface area contributed by atoms with Gasteiger partial charge in [0.25, 0.3) is 0 Å². The van der Waals surface area contributed by atoms with Gasteiger partial charge in [-0.25, -0.2) is 0 Å². The Bertz CT molecular complexity index is 418. The van der Waals surface area contributed by atoms with Crippen molar-refractivity contribution in [2.24, 2.45) is 0 Å². The average Bonchev–Trinajstić information content (AvgIpc) is 2.28. The molecule has 16 heavy (non-hydrogen) atoms. The molecular weight excluding hydrogens is 228 g/mol. The molecule has 0 bridgehead atoms. The molecular formula is C11H13ClN2O2. The highest BCUT2D eigenvalue weighted by molar-refractivity contribution is 6.31.